The molecule has 0 bridgehead atoms. The zero-order chi connectivity index (χ0) is 15.4. The van der Waals surface area contributed by atoms with Gasteiger partial charge in [-0.25, -0.2) is 5.01 Å². The SMILES string of the molecule is CSCC(=O)N1NC(c2ccccc2)=CC1c1ccccc1. The lowest BCUT2D eigenvalue weighted by molar-refractivity contribution is -0.131. The van der Waals surface area contributed by atoms with Crippen molar-refractivity contribution in [2.24, 2.45) is 0 Å². The van der Waals surface area contributed by atoms with Crippen LogP contribution in [0.25, 0.3) is 5.70 Å². The summed E-state index contributed by atoms with van der Waals surface area (Å²) < 4.78 is 0. The maximum Gasteiger partial charge on any atom is 0.251 e. The summed E-state index contributed by atoms with van der Waals surface area (Å²) in [5, 5.41) is 1.73. The monoisotopic (exact) mass is 310 g/mol. The molecular formula is C18H18N2OS. The van der Waals surface area contributed by atoms with Crippen LogP contribution in [0.4, 0.5) is 0 Å². The molecule has 3 rings (SSSR count). The molecule has 22 heavy (non-hydrogen) atoms. The van der Waals surface area contributed by atoms with Crippen molar-refractivity contribution in [2.75, 3.05) is 12.0 Å². The second kappa shape index (κ2) is 6.71. The van der Waals surface area contributed by atoms with Crippen molar-refractivity contribution in [2.45, 2.75) is 6.04 Å². The fraction of sp³-hybridized carbons (Fsp3) is 0.167. The summed E-state index contributed by atoms with van der Waals surface area (Å²) in [5.41, 5.74) is 6.44. The van der Waals surface area contributed by atoms with E-state index in [4.69, 9.17) is 0 Å². The van der Waals surface area contributed by atoms with Crippen LogP contribution in [0.2, 0.25) is 0 Å². The first-order chi connectivity index (χ1) is 10.8. The Hall–Kier alpha value is -2.20. The molecule has 0 fully saturated rings. The number of rotatable bonds is 4. The van der Waals surface area contributed by atoms with E-state index in [1.807, 2.05) is 54.8 Å². The van der Waals surface area contributed by atoms with Gasteiger partial charge in [0.05, 0.1) is 17.5 Å². The Balaban J connectivity index is 1.94. The Bertz CT molecular complexity index is 670. The van der Waals surface area contributed by atoms with Crippen molar-refractivity contribution in [3.8, 4) is 0 Å². The Morgan fingerprint density at radius 3 is 2.36 bits per heavy atom. The third-order valence-corrected chi connectivity index (χ3v) is 4.14. The minimum Gasteiger partial charge on any atom is -0.295 e. The van der Waals surface area contributed by atoms with E-state index in [9.17, 15) is 4.79 Å². The molecule has 0 aromatic heterocycles. The molecule has 1 heterocycles. The summed E-state index contributed by atoms with van der Waals surface area (Å²) in [5.74, 6) is 0.551. The Morgan fingerprint density at radius 1 is 1.09 bits per heavy atom. The van der Waals surface area contributed by atoms with E-state index in [0.717, 1.165) is 16.8 Å². The molecule has 3 nitrogen and oxygen atoms in total. The van der Waals surface area contributed by atoms with Crippen LogP contribution in [-0.4, -0.2) is 22.9 Å². The number of hydrogen-bond donors (Lipinski definition) is 1. The van der Waals surface area contributed by atoms with Gasteiger partial charge in [0, 0.05) is 0 Å². The van der Waals surface area contributed by atoms with Crippen molar-refractivity contribution in [1.82, 2.24) is 10.4 Å². The zero-order valence-corrected chi connectivity index (χ0v) is 13.2. The van der Waals surface area contributed by atoms with Gasteiger partial charge in [-0.15, -0.1) is 0 Å². The largest absolute Gasteiger partial charge is 0.295 e. The number of amides is 1. The van der Waals surface area contributed by atoms with Crippen molar-refractivity contribution in [3.63, 3.8) is 0 Å². The molecule has 1 atom stereocenters. The summed E-state index contributed by atoms with van der Waals surface area (Å²) >= 11 is 1.54. The van der Waals surface area contributed by atoms with Crippen LogP contribution in [-0.2, 0) is 4.79 Å². The van der Waals surface area contributed by atoms with E-state index in [1.54, 1.807) is 5.01 Å². The minimum absolute atomic E-state index is 0.0731. The van der Waals surface area contributed by atoms with Gasteiger partial charge in [0.25, 0.3) is 5.91 Å². The molecule has 2 aromatic rings. The molecule has 1 amide bonds. The molecule has 2 aromatic carbocycles. The average molecular weight is 310 g/mol. The number of carbonyl (C=O) groups is 1. The summed E-state index contributed by atoms with van der Waals surface area (Å²) in [7, 11) is 0. The van der Waals surface area contributed by atoms with Crippen molar-refractivity contribution < 1.29 is 4.79 Å². The highest BCUT2D eigenvalue weighted by molar-refractivity contribution is 7.99. The van der Waals surface area contributed by atoms with E-state index in [2.05, 4.69) is 23.6 Å². The molecular weight excluding hydrogens is 292 g/mol. The Morgan fingerprint density at radius 2 is 1.73 bits per heavy atom. The highest BCUT2D eigenvalue weighted by Gasteiger charge is 2.30. The summed E-state index contributed by atoms with van der Waals surface area (Å²) in [4.78, 5) is 12.4. The van der Waals surface area contributed by atoms with Gasteiger partial charge < -0.3 is 0 Å². The molecule has 4 heteroatoms. The maximum atomic E-state index is 12.4. The first-order valence-corrected chi connectivity index (χ1v) is 8.59. The first kappa shape index (κ1) is 14.7. The highest BCUT2D eigenvalue weighted by Crippen LogP contribution is 2.31. The average Bonchev–Trinajstić information content (AvgIpc) is 3.02. The number of hydrazine groups is 1. The topological polar surface area (TPSA) is 32.3 Å². The molecule has 1 aliphatic heterocycles. The van der Waals surface area contributed by atoms with E-state index in [0.29, 0.717) is 5.75 Å². The van der Waals surface area contributed by atoms with Crippen LogP contribution < -0.4 is 5.43 Å². The van der Waals surface area contributed by atoms with Crippen LogP contribution in [0.15, 0.2) is 66.7 Å². The molecule has 112 valence electrons. The highest BCUT2D eigenvalue weighted by atomic mass is 32.2. The van der Waals surface area contributed by atoms with Crippen LogP contribution in [0.5, 0.6) is 0 Å². The third kappa shape index (κ3) is 3.02. The molecule has 0 saturated carbocycles. The lowest BCUT2D eigenvalue weighted by Gasteiger charge is -2.25. The minimum atomic E-state index is -0.0731. The number of thioether (sulfide) groups is 1. The van der Waals surface area contributed by atoms with E-state index < -0.39 is 0 Å². The van der Waals surface area contributed by atoms with Gasteiger partial charge in [0.2, 0.25) is 0 Å². The number of nitrogens with zero attached hydrogens (tertiary/aromatic N) is 1. The molecule has 0 spiro atoms. The molecule has 1 unspecified atom stereocenters. The number of hydrogen-bond acceptors (Lipinski definition) is 3. The van der Waals surface area contributed by atoms with E-state index in [-0.39, 0.29) is 11.9 Å². The van der Waals surface area contributed by atoms with Gasteiger partial charge in [0.1, 0.15) is 0 Å². The van der Waals surface area contributed by atoms with Gasteiger partial charge in [0.15, 0.2) is 0 Å². The van der Waals surface area contributed by atoms with E-state index >= 15 is 0 Å². The van der Waals surface area contributed by atoms with Gasteiger partial charge in [-0.1, -0.05) is 60.7 Å². The third-order valence-electron chi connectivity index (χ3n) is 3.61. The smallest absolute Gasteiger partial charge is 0.251 e. The fourth-order valence-electron chi connectivity index (χ4n) is 2.55. The van der Waals surface area contributed by atoms with Gasteiger partial charge in [-0.2, -0.15) is 11.8 Å². The lowest BCUT2D eigenvalue weighted by atomic mass is 10.0. The molecule has 1 N–H and O–H groups in total. The molecule has 1 aliphatic rings. The predicted octanol–water partition coefficient (Wildman–Crippen LogP) is 3.48. The van der Waals surface area contributed by atoms with Gasteiger partial charge in [-0.3, -0.25) is 10.2 Å². The molecule has 0 saturated heterocycles. The number of carbonyl (C=O) groups excluding carboxylic acids is 1. The second-order valence-corrected chi connectivity index (χ2v) is 5.98. The Kier molecular flexibility index (Phi) is 4.49. The fourth-order valence-corrected chi connectivity index (χ4v) is 2.94. The number of benzene rings is 2. The van der Waals surface area contributed by atoms with Crippen molar-refractivity contribution in [1.29, 1.82) is 0 Å². The van der Waals surface area contributed by atoms with E-state index in [1.165, 1.54) is 11.8 Å². The van der Waals surface area contributed by atoms with Crippen molar-refractivity contribution >= 4 is 23.4 Å². The van der Waals surface area contributed by atoms with Gasteiger partial charge in [-0.05, 0) is 23.5 Å². The summed E-state index contributed by atoms with van der Waals surface area (Å²) in [6.07, 6.45) is 4.06. The number of nitrogens with one attached hydrogen (secondary N) is 1. The Labute approximate surface area is 135 Å². The standard InChI is InChI=1S/C18H18N2OS/c1-22-13-18(21)20-17(15-10-6-3-7-11-15)12-16(19-20)14-8-4-2-5-9-14/h2-12,17,19H,13H2,1H3. The van der Waals surface area contributed by atoms with Crippen LogP contribution >= 0.6 is 11.8 Å². The van der Waals surface area contributed by atoms with Crippen LogP contribution in [0, 0.1) is 0 Å². The quantitative estimate of drug-likeness (QED) is 0.938. The predicted molar refractivity (Wildman–Crippen MR) is 92.0 cm³/mol. The molecule has 0 aliphatic carbocycles. The van der Waals surface area contributed by atoms with Crippen LogP contribution in [0.1, 0.15) is 17.2 Å². The van der Waals surface area contributed by atoms with Gasteiger partial charge >= 0.3 is 0 Å². The lowest BCUT2D eigenvalue weighted by Crippen LogP contribution is -2.40. The van der Waals surface area contributed by atoms with Crippen LogP contribution in [0.3, 0.4) is 0 Å². The summed E-state index contributed by atoms with van der Waals surface area (Å²) in [6, 6.07) is 20.1. The normalized spacial score (nSPS) is 17.0. The first-order valence-electron chi connectivity index (χ1n) is 7.19. The summed E-state index contributed by atoms with van der Waals surface area (Å²) in [6.45, 7) is 0. The second-order valence-electron chi connectivity index (χ2n) is 5.11. The zero-order valence-electron chi connectivity index (χ0n) is 12.4. The molecule has 0 radical (unpaired) electrons. The van der Waals surface area contributed by atoms with Crippen molar-refractivity contribution in [3.05, 3.63) is 77.9 Å². The maximum absolute atomic E-state index is 12.4.